The molecule has 0 heterocycles. The van der Waals surface area contributed by atoms with Crippen LogP contribution in [0.3, 0.4) is 0 Å². The Hall–Kier alpha value is -0.540. The van der Waals surface area contributed by atoms with Gasteiger partial charge in [-0.1, -0.05) is 33.6 Å². The van der Waals surface area contributed by atoms with E-state index in [1.54, 1.807) is 6.07 Å². The van der Waals surface area contributed by atoms with Crippen molar-refractivity contribution in [1.29, 1.82) is 0 Å². The second-order valence-corrected chi connectivity index (χ2v) is 3.77. The predicted octanol–water partition coefficient (Wildman–Crippen LogP) is 3.23. The normalized spacial score (nSPS) is 10.0. The third-order valence-corrected chi connectivity index (χ3v) is 2.82. The summed E-state index contributed by atoms with van der Waals surface area (Å²) in [5.41, 5.74) is 1.39. The molecule has 0 aromatic heterocycles. The van der Waals surface area contributed by atoms with Crippen LogP contribution < -0.4 is 4.74 Å². The Morgan fingerprint density at radius 2 is 2.21 bits per heavy atom. The summed E-state index contributed by atoms with van der Waals surface area (Å²) in [6.45, 7) is 1.85. The Bertz CT molecular complexity index is 363. The van der Waals surface area contributed by atoms with Gasteiger partial charge in [0.05, 0.1) is 17.5 Å². The molecule has 0 amide bonds. The number of halogens is 2. The SMILES string of the molecule is COc1ccc(C)c(C(=O)CBr)c1Cl. The highest BCUT2D eigenvalue weighted by Gasteiger charge is 2.15. The second-order valence-electron chi connectivity index (χ2n) is 2.83. The molecule has 0 radical (unpaired) electrons. The number of ether oxygens (including phenoxy) is 1. The van der Waals surface area contributed by atoms with Crippen molar-refractivity contribution in [2.45, 2.75) is 6.92 Å². The number of alkyl halides is 1. The van der Waals surface area contributed by atoms with Crippen LogP contribution in [0.15, 0.2) is 12.1 Å². The average Bonchev–Trinajstić information content (AvgIpc) is 2.18. The Labute approximate surface area is 96.3 Å². The lowest BCUT2D eigenvalue weighted by Gasteiger charge is -2.09. The topological polar surface area (TPSA) is 26.3 Å². The fraction of sp³-hybridized carbons (Fsp3) is 0.300. The molecule has 1 aromatic rings. The van der Waals surface area contributed by atoms with E-state index in [4.69, 9.17) is 16.3 Å². The van der Waals surface area contributed by atoms with Crippen LogP contribution in [-0.2, 0) is 0 Å². The molecule has 0 aliphatic rings. The molecule has 1 aromatic carbocycles. The Balaban J connectivity index is 3.32. The first kappa shape index (κ1) is 11.5. The van der Waals surface area contributed by atoms with Gasteiger partial charge in [-0.3, -0.25) is 4.79 Å². The summed E-state index contributed by atoms with van der Waals surface area (Å²) < 4.78 is 5.04. The first-order valence-corrected chi connectivity index (χ1v) is 5.54. The van der Waals surface area contributed by atoms with E-state index in [0.717, 1.165) is 5.56 Å². The number of methoxy groups -OCH3 is 1. The van der Waals surface area contributed by atoms with Gasteiger partial charge in [-0.05, 0) is 18.6 Å². The van der Waals surface area contributed by atoms with Crippen LogP contribution in [0.4, 0.5) is 0 Å². The zero-order chi connectivity index (χ0) is 10.7. The van der Waals surface area contributed by atoms with Crippen molar-refractivity contribution in [3.05, 3.63) is 28.3 Å². The number of benzene rings is 1. The number of rotatable bonds is 3. The summed E-state index contributed by atoms with van der Waals surface area (Å²) in [4.78, 5) is 11.5. The Morgan fingerprint density at radius 1 is 1.57 bits per heavy atom. The molecular formula is C10H10BrClO2. The van der Waals surface area contributed by atoms with E-state index in [2.05, 4.69) is 15.9 Å². The summed E-state index contributed by atoms with van der Waals surface area (Å²) in [7, 11) is 1.53. The molecule has 14 heavy (non-hydrogen) atoms. The molecule has 76 valence electrons. The van der Waals surface area contributed by atoms with Crippen LogP contribution in [0.25, 0.3) is 0 Å². The molecule has 0 N–H and O–H groups in total. The predicted molar refractivity (Wildman–Crippen MR) is 60.9 cm³/mol. The number of ketones is 1. The van der Waals surface area contributed by atoms with Crippen LogP contribution in [0.5, 0.6) is 5.75 Å². The van der Waals surface area contributed by atoms with Crippen LogP contribution in [0.1, 0.15) is 15.9 Å². The molecule has 0 saturated carbocycles. The molecule has 0 spiro atoms. The molecule has 0 saturated heterocycles. The summed E-state index contributed by atoms with van der Waals surface area (Å²) in [6.07, 6.45) is 0. The molecule has 2 nitrogen and oxygen atoms in total. The van der Waals surface area contributed by atoms with Gasteiger partial charge in [-0.15, -0.1) is 0 Å². The molecule has 0 aliphatic heterocycles. The Kier molecular flexibility index (Phi) is 3.96. The zero-order valence-corrected chi connectivity index (χ0v) is 10.3. The van der Waals surface area contributed by atoms with Gasteiger partial charge in [0.2, 0.25) is 0 Å². The van der Waals surface area contributed by atoms with Gasteiger partial charge in [0.25, 0.3) is 0 Å². The summed E-state index contributed by atoms with van der Waals surface area (Å²) in [5.74, 6) is 0.493. The molecule has 0 fully saturated rings. The highest BCUT2D eigenvalue weighted by molar-refractivity contribution is 9.09. The van der Waals surface area contributed by atoms with E-state index in [0.29, 0.717) is 16.3 Å². The number of hydrogen-bond donors (Lipinski definition) is 0. The van der Waals surface area contributed by atoms with Gasteiger partial charge in [0, 0.05) is 5.56 Å². The number of aryl methyl sites for hydroxylation is 1. The molecule has 0 aliphatic carbocycles. The van der Waals surface area contributed by atoms with E-state index in [9.17, 15) is 4.79 Å². The minimum atomic E-state index is -0.0357. The minimum Gasteiger partial charge on any atom is -0.495 e. The van der Waals surface area contributed by atoms with Crippen molar-refractivity contribution in [2.24, 2.45) is 0 Å². The van der Waals surface area contributed by atoms with E-state index >= 15 is 0 Å². The highest BCUT2D eigenvalue weighted by Crippen LogP contribution is 2.30. The summed E-state index contributed by atoms with van der Waals surface area (Å²) >= 11 is 9.14. The minimum absolute atomic E-state index is 0.0357. The van der Waals surface area contributed by atoms with Crippen molar-refractivity contribution in [3.63, 3.8) is 0 Å². The average molecular weight is 278 g/mol. The zero-order valence-electron chi connectivity index (χ0n) is 7.93. The van der Waals surface area contributed by atoms with Gasteiger partial charge in [0.1, 0.15) is 5.75 Å². The fourth-order valence-corrected chi connectivity index (χ4v) is 1.90. The number of hydrogen-bond acceptors (Lipinski definition) is 2. The molecule has 0 bridgehead atoms. The largest absolute Gasteiger partial charge is 0.495 e. The Morgan fingerprint density at radius 3 is 2.71 bits per heavy atom. The van der Waals surface area contributed by atoms with Crippen LogP contribution >= 0.6 is 27.5 Å². The molecule has 0 unspecified atom stereocenters. The van der Waals surface area contributed by atoms with E-state index in [1.807, 2.05) is 13.0 Å². The quantitative estimate of drug-likeness (QED) is 0.626. The van der Waals surface area contributed by atoms with E-state index < -0.39 is 0 Å². The molecule has 0 atom stereocenters. The lowest BCUT2D eigenvalue weighted by Crippen LogP contribution is -2.04. The van der Waals surface area contributed by atoms with Crippen molar-refractivity contribution < 1.29 is 9.53 Å². The van der Waals surface area contributed by atoms with Crippen LogP contribution in [0.2, 0.25) is 5.02 Å². The maximum atomic E-state index is 11.5. The van der Waals surface area contributed by atoms with Gasteiger partial charge in [0.15, 0.2) is 5.78 Å². The molecular weight excluding hydrogens is 267 g/mol. The third kappa shape index (κ3) is 2.10. The van der Waals surface area contributed by atoms with Gasteiger partial charge in [-0.2, -0.15) is 0 Å². The van der Waals surface area contributed by atoms with Gasteiger partial charge >= 0.3 is 0 Å². The van der Waals surface area contributed by atoms with Crippen LogP contribution in [-0.4, -0.2) is 18.2 Å². The maximum absolute atomic E-state index is 11.5. The number of carbonyl (C=O) groups excluding carboxylic acids is 1. The van der Waals surface area contributed by atoms with Gasteiger partial charge in [-0.25, -0.2) is 0 Å². The van der Waals surface area contributed by atoms with E-state index in [-0.39, 0.29) is 11.1 Å². The molecule has 4 heteroatoms. The van der Waals surface area contributed by atoms with Crippen molar-refractivity contribution in [3.8, 4) is 5.75 Å². The number of carbonyl (C=O) groups is 1. The van der Waals surface area contributed by atoms with Crippen LogP contribution in [0, 0.1) is 6.92 Å². The monoisotopic (exact) mass is 276 g/mol. The second kappa shape index (κ2) is 4.80. The lowest BCUT2D eigenvalue weighted by atomic mass is 10.1. The number of Topliss-reactive ketones (excluding diaryl/α,β-unsaturated/α-hetero) is 1. The molecule has 1 rings (SSSR count). The van der Waals surface area contributed by atoms with Crippen molar-refractivity contribution in [1.82, 2.24) is 0 Å². The van der Waals surface area contributed by atoms with Gasteiger partial charge < -0.3 is 4.74 Å². The highest BCUT2D eigenvalue weighted by atomic mass is 79.9. The smallest absolute Gasteiger partial charge is 0.175 e. The summed E-state index contributed by atoms with van der Waals surface area (Å²) in [6, 6.07) is 3.57. The standard InChI is InChI=1S/C10H10BrClO2/c1-6-3-4-8(14-2)10(12)9(6)7(13)5-11/h3-4H,5H2,1-2H3. The maximum Gasteiger partial charge on any atom is 0.175 e. The van der Waals surface area contributed by atoms with Crippen molar-refractivity contribution in [2.75, 3.05) is 12.4 Å². The lowest BCUT2D eigenvalue weighted by molar-refractivity contribution is 0.102. The first-order valence-electron chi connectivity index (χ1n) is 4.04. The van der Waals surface area contributed by atoms with E-state index in [1.165, 1.54) is 7.11 Å². The first-order chi connectivity index (χ1) is 6.61. The fourth-order valence-electron chi connectivity index (χ4n) is 1.22. The third-order valence-electron chi connectivity index (χ3n) is 1.93. The van der Waals surface area contributed by atoms with Crippen molar-refractivity contribution >= 4 is 33.3 Å². The summed E-state index contributed by atoms with van der Waals surface area (Å²) in [5, 5.41) is 0.651.